The molecule has 0 aromatic heterocycles. The van der Waals surface area contributed by atoms with E-state index in [1.807, 2.05) is 18.2 Å². The first-order valence-corrected chi connectivity index (χ1v) is 10.2. The number of carbonyl (C=O) groups excluding carboxylic acids is 2. The summed E-state index contributed by atoms with van der Waals surface area (Å²) in [5.74, 6) is 0.225. The Bertz CT molecular complexity index is 978. The van der Waals surface area contributed by atoms with Crippen LogP contribution in [0.1, 0.15) is 41.6 Å². The lowest BCUT2D eigenvalue weighted by atomic mass is 9.60. The molecule has 3 fully saturated rings. The van der Waals surface area contributed by atoms with Crippen LogP contribution >= 0.6 is 0 Å². The molecule has 0 saturated heterocycles. The Hall–Kier alpha value is -2.89. The van der Waals surface area contributed by atoms with Gasteiger partial charge in [-0.1, -0.05) is 30.3 Å². The predicted molar refractivity (Wildman–Crippen MR) is 104 cm³/mol. The van der Waals surface area contributed by atoms with Gasteiger partial charge in [-0.3, -0.25) is 9.59 Å². The Morgan fingerprint density at radius 1 is 1.17 bits per heavy atom. The van der Waals surface area contributed by atoms with Gasteiger partial charge >= 0.3 is 0 Å². The summed E-state index contributed by atoms with van der Waals surface area (Å²) >= 11 is 0. The number of hydrogen-bond acceptors (Lipinski definition) is 3. The molecule has 2 bridgehead atoms. The number of ether oxygens (including phenoxy) is 1. The monoisotopic (exact) mass is 394 g/mol. The lowest BCUT2D eigenvalue weighted by molar-refractivity contribution is -0.146. The Labute approximate surface area is 168 Å². The summed E-state index contributed by atoms with van der Waals surface area (Å²) in [4.78, 5) is 25.5. The second-order valence-corrected chi connectivity index (χ2v) is 8.33. The highest BCUT2D eigenvalue weighted by molar-refractivity contribution is 5.98. The molecule has 29 heavy (non-hydrogen) atoms. The lowest BCUT2D eigenvalue weighted by Gasteiger charge is -2.55. The van der Waals surface area contributed by atoms with Crippen molar-refractivity contribution in [2.45, 2.75) is 38.0 Å². The number of para-hydroxylation sites is 1. The number of halogens is 1. The van der Waals surface area contributed by atoms with Crippen molar-refractivity contribution in [3.63, 3.8) is 0 Å². The first-order chi connectivity index (χ1) is 14.1. The molecule has 0 radical (unpaired) electrons. The molecule has 2 N–H and O–H groups in total. The van der Waals surface area contributed by atoms with E-state index in [2.05, 4.69) is 10.6 Å². The summed E-state index contributed by atoms with van der Waals surface area (Å²) in [6, 6.07) is 13.8. The topological polar surface area (TPSA) is 67.4 Å². The molecule has 3 aliphatic carbocycles. The molecular formula is C23H23FN2O3. The number of nitrogens with one attached hydrogen (secondary N) is 2. The number of rotatable bonds is 3. The van der Waals surface area contributed by atoms with Crippen molar-refractivity contribution in [1.82, 2.24) is 10.6 Å². The summed E-state index contributed by atoms with van der Waals surface area (Å²) in [7, 11) is 0. The third kappa shape index (κ3) is 3.07. The van der Waals surface area contributed by atoms with Crippen LogP contribution < -0.4 is 15.4 Å². The number of hydrogen-bond donors (Lipinski definition) is 2. The molecule has 6 heteroatoms. The molecule has 4 atom stereocenters. The Morgan fingerprint density at radius 2 is 1.97 bits per heavy atom. The first-order valence-electron chi connectivity index (χ1n) is 10.2. The van der Waals surface area contributed by atoms with E-state index in [-0.39, 0.29) is 41.9 Å². The van der Waals surface area contributed by atoms with Crippen LogP contribution in [0.3, 0.4) is 0 Å². The van der Waals surface area contributed by atoms with Crippen LogP contribution in [0.5, 0.6) is 5.75 Å². The molecule has 0 unspecified atom stereocenters. The molecule has 150 valence electrons. The predicted octanol–water partition coefficient (Wildman–Crippen LogP) is 3.40. The van der Waals surface area contributed by atoms with Gasteiger partial charge in [-0.15, -0.1) is 0 Å². The van der Waals surface area contributed by atoms with E-state index < -0.39 is 5.72 Å². The zero-order valence-corrected chi connectivity index (χ0v) is 16.0. The van der Waals surface area contributed by atoms with Gasteiger partial charge in [0.15, 0.2) is 5.72 Å². The van der Waals surface area contributed by atoms with E-state index in [0.717, 1.165) is 12.8 Å². The van der Waals surface area contributed by atoms with Crippen molar-refractivity contribution in [1.29, 1.82) is 0 Å². The van der Waals surface area contributed by atoms with E-state index in [4.69, 9.17) is 4.74 Å². The molecule has 2 amide bonds. The fourth-order valence-corrected chi connectivity index (χ4v) is 5.24. The second kappa shape index (κ2) is 6.87. The van der Waals surface area contributed by atoms with E-state index >= 15 is 0 Å². The third-order valence-electron chi connectivity index (χ3n) is 6.71. The minimum atomic E-state index is -0.726. The van der Waals surface area contributed by atoms with Crippen molar-refractivity contribution in [3.8, 4) is 5.75 Å². The highest BCUT2D eigenvalue weighted by Crippen LogP contribution is 2.52. The van der Waals surface area contributed by atoms with Crippen LogP contribution in [0, 0.1) is 23.6 Å². The highest BCUT2D eigenvalue weighted by Gasteiger charge is 2.57. The normalized spacial score (nSPS) is 29.7. The van der Waals surface area contributed by atoms with Gasteiger partial charge in [-0.25, -0.2) is 4.39 Å². The van der Waals surface area contributed by atoms with Gasteiger partial charge in [0, 0.05) is 30.4 Å². The third-order valence-corrected chi connectivity index (χ3v) is 6.71. The van der Waals surface area contributed by atoms with Crippen LogP contribution in [-0.2, 0) is 11.3 Å². The minimum Gasteiger partial charge on any atom is -0.467 e. The van der Waals surface area contributed by atoms with E-state index in [1.54, 1.807) is 24.3 Å². The maximum absolute atomic E-state index is 13.8. The van der Waals surface area contributed by atoms with Crippen molar-refractivity contribution >= 4 is 11.8 Å². The fraction of sp³-hybridized carbons (Fsp3) is 0.391. The van der Waals surface area contributed by atoms with Gasteiger partial charge in [0.1, 0.15) is 11.6 Å². The Morgan fingerprint density at radius 3 is 2.76 bits per heavy atom. The summed E-state index contributed by atoms with van der Waals surface area (Å²) in [5.41, 5.74) is 0.313. The first kappa shape index (κ1) is 18.2. The Kier molecular flexibility index (Phi) is 4.30. The lowest BCUT2D eigenvalue weighted by Crippen LogP contribution is -2.66. The maximum Gasteiger partial charge on any atom is 0.258 e. The number of benzene rings is 2. The second-order valence-electron chi connectivity index (χ2n) is 8.33. The quantitative estimate of drug-likeness (QED) is 0.839. The van der Waals surface area contributed by atoms with Gasteiger partial charge in [-0.05, 0) is 43.4 Å². The van der Waals surface area contributed by atoms with Crippen LogP contribution in [-0.4, -0.2) is 17.5 Å². The highest BCUT2D eigenvalue weighted by atomic mass is 19.1. The standard InChI is InChI=1S/C23H23FN2O3/c24-19-7-3-1-5-15(19)13-25-21(27)18-11-16-10-9-14(18)12-23(16)26-22(28)17-6-2-4-8-20(17)29-23/h1-8,14,16,18H,9-13H2,(H,25,27)(H,26,28)/t14-,16+,18+,23+/m1/s1. The fourth-order valence-electron chi connectivity index (χ4n) is 5.24. The van der Waals surface area contributed by atoms with Crippen LogP contribution in [0.2, 0.25) is 0 Å². The molecule has 2 aromatic carbocycles. The molecule has 3 saturated carbocycles. The molecular weight excluding hydrogens is 371 g/mol. The molecule has 1 spiro atoms. The van der Waals surface area contributed by atoms with Gasteiger partial charge in [-0.2, -0.15) is 0 Å². The average molecular weight is 394 g/mol. The zero-order valence-electron chi connectivity index (χ0n) is 16.0. The molecule has 4 aliphatic rings. The molecule has 1 heterocycles. The van der Waals surface area contributed by atoms with Gasteiger partial charge in [0.25, 0.3) is 5.91 Å². The average Bonchev–Trinajstić information content (AvgIpc) is 2.73. The van der Waals surface area contributed by atoms with Gasteiger partial charge < -0.3 is 15.4 Å². The summed E-state index contributed by atoms with van der Waals surface area (Å²) < 4.78 is 20.1. The zero-order chi connectivity index (χ0) is 20.0. The smallest absolute Gasteiger partial charge is 0.258 e. The van der Waals surface area contributed by atoms with Crippen LogP contribution in [0.4, 0.5) is 4.39 Å². The Balaban J connectivity index is 1.30. The van der Waals surface area contributed by atoms with Crippen LogP contribution in [0.15, 0.2) is 48.5 Å². The molecule has 2 aromatic rings. The van der Waals surface area contributed by atoms with Crippen molar-refractivity contribution in [2.24, 2.45) is 17.8 Å². The minimum absolute atomic E-state index is 0.0414. The van der Waals surface area contributed by atoms with Crippen molar-refractivity contribution < 1.29 is 18.7 Å². The van der Waals surface area contributed by atoms with Gasteiger partial charge in [0.05, 0.1) is 5.56 Å². The number of fused-ring (bicyclic) bond motifs is 3. The summed E-state index contributed by atoms with van der Waals surface area (Å²) in [6.07, 6.45) is 3.14. The van der Waals surface area contributed by atoms with E-state index in [9.17, 15) is 14.0 Å². The number of amides is 2. The maximum atomic E-state index is 13.8. The van der Waals surface area contributed by atoms with E-state index in [0.29, 0.717) is 29.7 Å². The number of carbonyl (C=O) groups is 2. The largest absolute Gasteiger partial charge is 0.467 e. The van der Waals surface area contributed by atoms with Crippen molar-refractivity contribution in [3.05, 3.63) is 65.5 Å². The van der Waals surface area contributed by atoms with Crippen LogP contribution in [0.25, 0.3) is 0 Å². The van der Waals surface area contributed by atoms with Crippen molar-refractivity contribution in [2.75, 3.05) is 0 Å². The molecule has 6 rings (SSSR count). The molecule has 1 aliphatic heterocycles. The van der Waals surface area contributed by atoms with E-state index in [1.165, 1.54) is 6.07 Å². The SMILES string of the molecule is O=C1N[C@@]2(C[C@H]3CC[C@H]2C[C@@H]3C(=O)NCc2ccccc2F)Oc2ccccc21. The van der Waals surface area contributed by atoms with Gasteiger partial charge in [0.2, 0.25) is 5.91 Å². The molecule has 5 nitrogen and oxygen atoms in total. The summed E-state index contributed by atoms with van der Waals surface area (Å²) in [6.45, 7) is 0.186. The summed E-state index contributed by atoms with van der Waals surface area (Å²) in [5, 5.41) is 6.00.